The standard InChI is InChI=1S/C54H66N4O12/c1-35(67-37(3)59)42-18-16-40-14-12-38(33-44(40)55-42)20-23-53(47(61)62)25-29-58(30-26-53)50(65)70-52(7,8)22-10-11-46(60)68-36(2)43-19-17-41-15-13-39(34-45(41)56-43)21-24-54(48(63)66-9)27-31-57(32-28-54)49(64)69-51(4,5)6/h12-21,23-24,33-36H,10-11,22,25-32H2,1-9H3,(H,61,62)/b23-20+,24-21+/t35-,36-/m1/s1. The van der Waals surface area contributed by atoms with Gasteiger partial charge < -0.3 is 38.6 Å². The topological polar surface area (TPSA) is 201 Å². The average Bonchev–Trinajstić information content (AvgIpc) is 3.31. The first-order valence-electron chi connectivity index (χ1n) is 23.8. The van der Waals surface area contributed by atoms with Crippen LogP contribution in [-0.2, 0) is 42.9 Å². The number of pyridine rings is 2. The van der Waals surface area contributed by atoms with Crippen LogP contribution in [0.15, 0.2) is 72.8 Å². The number of aromatic nitrogens is 2. The number of rotatable bonds is 15. The summed E-state index contributed by atoms with van der Waals surface area (Å²) in [4.78, 5) is 88.8. The van der Waals surface area contributed by atoms with Crippen molar-refractivity contribution in [1.29, 1.82) is 0 Å². The maximum Gasteiger partial charge on any atom is 0.410 e. The molecular formula is C54H66N4O12. The van der Waals surface area contributed by atoms with Crippen molar-refractivity contribution < 1.29 is 57.6 Å². The summed E-state index contributed by atoms with van der Waals surface area (Å²) in [6.45, 7) is 14.9. The first-order chi connectivity index (χ1) is 33.0. The maximum atomic E-state index is 13.3. The van der Waals surface area contributed by atoms with Gasteiger partial charge in [-0.05, 0) is 122 Å². The number of carbonyl (C=O) groups is 6. The van der Waals surface area contributed by atoms with E-state index in [0.717, 1.165) is 21.9 Å². The van der Waals surface area contributed by atoms with Crippen molar-refractivity contribution in [2.24, 2.45) is 10.8 Å². The molecule has 0 aliphatic carbocycles. The van der Waals surface area contributed by atoms with Crippen LogP contribution in [0.1, 0.15) is 135 Å². The Balaban J connectivity index is 0.978. The van der Waals surface area contributed by atoms with Crippen molar-refractivity contribution in [1.82, 2.24) is 19.8 Å². The summed E-state index contributed by atoms with van der Waals surface area (Å²) in [5.41, 5.74) is 0.452. The number of hydrogen-bond acceptors (Lipinski definition) is 13. The number of nitrogens with zero attached hydrogens (tertiary/aromatic N) is 4. The molecule has 2 aromatic carbocycles. The number of hydrogen-bond donors (Lipinski definition) is 1. The van der Waals surface area contributed by atoms with Gasteiger partial charge in [-0.25, -0.2) is 19.6 Å². The number of piperidine rings is 2. The number of carbonyl (C=O) groups excluding carboxylic acids is 5. The Labute approximate surface area is 409 Å². The number of esters is 3. The molecule has 6 rings (SSSR count). The molecular weight excluding hydrogens is 897 g/mol. The number of aliphatic carboxylic acids is 1. The van der Waals surface area contributed by atoms with Gasteiger partial charge in [-0.3, -0.25) is 19.2 Å². The Morgan fingerprint density at radius 1 is 0.686 bits per heavy atom. The average molecular weight is 963 g/mol. The molecule has 4 heterocycles. The Morgan fingerprint density at radius 3 is 1.61 bits per heavy atom. The Bertz CT molecular complexity index is 2650. The van der Waals surface area contributed by atoms with Crippen LogP contribution < -0.4 is 0 Å². The lowest BCUT2D eigenvalue weighted by Crippen LogP contribution is -2.47. The molecule has 0 unspecified atom stereocenters. The van der Waals surface area contributed by atoms with Crippen molar-refractivity contribution in [2.75, 3.05) is 33.3 Å². The molecule has 16 nitrogen and oxygen atoms in total. The fourth-order valence-electron chi connectivity index (χ4n) is 8.70. The second-order valence-corrected chi connectivity index (χ2v) is 20.0. The number of ether oxygens (including phenoxy) is 5. The van der Waals surface area contributed by atoms with Gasteiger partial charge in [0.2, 0.25) is 0 Å². The van der Waals surface area contributed by atoms with Gasteiger partial charge in [0.1, 0.15) is 23.4 Å². The summed E-state index contributed by atoms with van der Waals surface area (Å²) < 4.78 is 27.7. The summed E-state index contributed by atoms with van der Waals surface area (Å²) >= 11 is 0. The highest BCUT2D eigenvalue weighted by atomic mass is 16.6. The zero-order valence-electron chi connectivity index (χ0n) is 41.7. The minimum Gasteiger partial charge on any atom is -0.481 e. The molecule has 0 saturated carbocycles. The second kappa shape index (κ2) is 21.8. The highest BCUT2D eigenvalue weighted by Crippen LogP contribution is 2.37. The summed E-state index contributed by atoms with van der Waals surface area (Å²) in [7, 11) is 1.36. The van der Waals surface area contributed by atoms with Crippen LogP contribution in [0.2, 0.25) is 0 Å². The van der Waals surface area contributed by atoms with Crippen LogP contribution in [-0.4, -0.2) is 105 Å². The third-order valence-corrected chi connectivity index (χ3v) is 12.9. The zero-order valence-corrected chi connectivity index (χ0v) is 41.7. The van der Waals surface area contributed by atoms with E-state index in [1.54, 1.807) is 50.8 Å². The molecule has 2 fully saturated rings. The summed E-state index contributed by atoms with van der Waals surface area (Å²) in [5.74, 6) is -2.18. The minimum absolute atomic E-state index is 0.0876. The fourth-order valence-corrected chi connectivity index (χ4v) is 8.70. The van der Waals surface area contributed by atoms with Crippen molar-refractivity contribution in [3.63, 3.8) is 0 Å². The third-order valence-electron chi connectivity index (χ3n) is 12.9. The molecule has 2 aromatic heterocycles. The summed E-state index contributed by atoms with van der Waals surface area (Å²) in [5, 5.41) is 12.1. The maximum absolute atomic E-state index is 13.3. The van der Waals surface area contributed by atoms with E-state index in [1.165, 1.54) is 18.9 Å². The lowest BCUT2D eigenvalue weighted by molar-refractivity contribution is -0.152. The van der Waals surface area contributed by atoms with Crippen LogP contribution in [0.4, 0.5) is 9.59 Å². The number of carboxylic acids is 1. The van der Waals surface area contributed by atoms with Gasteiger partial charge in [0.15, 0.2) is 0 Å². The van der Waals surface area contributed by atoms with E-state index in [-0.39, 0.29) is 38.3 Å². The van der Waals surface area contributed by atoms with Crippen molar-refractivity contribution in [3.05, 3.63) is 95.3 Å². The predicted molar refractivity (Wildman–Crippen MR) is 263 cm³/mol. The highest BCUT2D eigenvalue weighted by Gasteiger charge is 2.43. The highest BCUT2D eigenvalue weighted by molar-refractivity contribution is 5.85. The molecule has 2 atom stereocenters. The van der Waals surface area contributed by atoms with Crippen molar-refractivity contribution in [2.45, 2.75) is 124 Å². The molecule has 4 aromatic rings. The molecule has 2 amide bonds. The van der Waals surface area contributed by atoms with Crippen LogP contribution in [0.25, 0.3) is 34.0 Å². The second-order valence-electron chi connectivity index (χ2n) is 20.0. The molecule has 374 valence electrons. The van der Waals surface area contributed by atoms with E-state index < -0.39 is 64.3 Å². The SMILES string of the molecule is COC(=O)C1(/C=C/c2ccc3ccc([C@@H](C)OC(=O)CCCC(C)(C)OC(=O)N4CCC(/C=C/c5ccc6ccc([C@@H](C)OC(C)=O)nc6c5)(C(=O)O)CC4)nc3c2)CCN(C(=O)OC(C)(C)C)CC1. The van der Waals surface area contributed by atoms with E-state index in [4.69, 9.17) is 28.7 Å². The number of methoxy groups -OCH3 is 1. The van der Waals surface area contributed by atoms with Crippen molar-refractivity contribution in [3.8, 4) is 0 Å². The lowest BCUT2D eigenvalue weighted by atomic mass is 9.77. The molecule has 0 bridgehead atoms. The molecule has 70 heavy (non-hydrogen) atoms. The molecule has 0 spiro atoms. The van der Waals surface area contributed by atoms with E-state index >= 15 is 0 Å². The number of benzene rings is 2. The normalized spacial score (nSPS) is 17.0. The van der Waals surface area contributed by atoms with Gasteiger partial charge in [0.05, 0.1) is 40.4 Å². The fraction of sp³-hybridized carbons (Fsp3) is 0.481. The van der Waals surface area contributed by atoms with Crippen LogP contribution in [0.3, 0.4) is 0 Å². The first-order valence-corrected chi connectivity index (χ1v) is 23.8. The largest absolute Gasteiger partial charge is 0.481 e. The molecule has 2 aliphatic heterocycles. The van der Waals surface area contributed by atoms with E-state index in [2.05, 4.69) is 4.98 Å². The Kier molecular flexibility index (Phi) is 16.4. The lowest BCUT2D eigenvalue weighted by Gasteiger charge is -2.38. The number of fused-ring (bicyclic) bond motifs is 2. The van der Waals surface area contributed by atoms with Crippen LogP contribution in [0, 0.1) is 10.8 Å². The molecule has 16 heteroatoms. The molecule has 2 aliphatic rings. The van der Waals surface area contributed by atoms with Gasteiger partial charge >= 0.3 is 36.1 Å². The van der Waals surface area contributed by atoms with Gasteiger partial charge in [-0.1, -0.05) is 60.7 Å². The zero-order chi connectivity index (χ0) is 51.0. The summed E-state index contributed by atoms with van der Waals surface area (Å²) in [6.07, 6.45) is 7.04. The predicted octanol–water partition coefficient (Wildman–Crippen LogP) is 10.2. The van der Waals surface area contributed by atoms with Crippen molar-refractivity contribution >= 4 is 70.0 Å². The van der Waals surface area contributed by atoms with E-state index in [9.17, 15) is 33.9 Å². The third kappa shape index (κ3) is 13.5. The monoisotopic (exact) mass is 962 g/mol. The van der Waals surface area contributed by atoms with E-state index in [1.807, 2.05) is 87.5 Å². The Morgan fingerprint density at radius 2 is 1.14 bits per heavy atom. The van der Waals surface area contributed by atoms with Crippen LogP contribution >= 0.6 is 0 Å². The number of carboxylic acid groups (broad SMARTS) is 1. The minimum atomic E-state index is -1.19. The molecule has 0 radical (unpaired) electrons. The molecule has 2 saturated heterocycles. The number of amides is 2. The van der Waals surface area contributed by atoms with E-state index in [0.29, 0.717) is 61.2 Å². The molecule has 1 N–H and O–H groups in total. The summed E-state index contributed by atoms with van der Waals surface area (Å²) in [6, 6.07) is 18.8. The van der Waals surface area contributed by atoms with Gasteiger partial charge in [-0.15, -0.1) is 0 Å². The van der Waals surface area contributed by atoms with Gasteiger partial charge in [0, 0.05) is 50.3 Å². The quantitative estimate of drug-likeness (QED) is 0.0871. The van der Waals surface area contributed by atoms with Crippen LogP contribution in [0.5, 0.6) is 0 Å². The first kappa shape index (κ1) is 52.5. The Hall–Kier alpha value is -6.84. The van der Waals surface area contributed by atoms with Gasteiger partial charge in [0.25, 0.3) is 0 Å². The van der Waals surface area contributed by atoms with Gasteiger partial charge in [-0.2, -0.15) is 0 Å². The number of likely N-dealkylation sites (tertiary alicyclic amines) is 2. The smallest absolute Gasteiger partial charge is 0.410 e.